The highest BCUT2D eigenvalue weighted by Crippen LogP contribution is 2.29. The molecule has 1 N–H and O–H groups in total. The lowest BCUT2D eigenvalue weighted by Gasteiger charge is -2.18. The van der Waals surface area contributed by atoms with E-state index in [0.717, 1.165) is 37.4 Å². The standard InChI is InChI=1S/C15H22F3N/c1-3-5-9-14(19-4-2)11-12-7-6-8-13(10-12)15(16,17)18/h6-8,10,14,19H,3-5,9,11H2,1-2H3. The van der Waals surface area contributed by atoms with Crippen LogP contribution in [0.1, 0.15) is 44.2 Å². The van der Waals surface area contributed by atoms with E-state index < -0.39 is 11.7 Å². The summed E-state index contributed by atoms with van der Waals surface area (Å²) in [5.41, 5.74) is 0.188. The SMILES string of the molecule is CCCCC(Cc1cccc(C(F)(F)F)c1)NCC. The molecular weight excluding hydrogens is 251 g/mol. The largest absolute Gasteiger partial charge is 0.416 e. The minimum Gasteiger partial charge on any atom is -0.314 e. The van der Waals surface area contributed by atoms with Gasteiger partial charge in [0.2, 0.25) is 0 Å². The van der Waals surface area contributed by atoms with E-state index in [1.807, 2.05) is 6.92 Å². The summed E-state index contributed by atoms with van der Waals surface area (Å²) in [4.78, 5) is 0. The molecule has 0 saturated heterocycles. The van der Waals surface area contributed by atoms with Crippen LogP contribution in [-0.4, -0.2) is 12.6 Å². The summed E-state index contributed by atoms with van der Waals surface area (Å²) in [5.74, 6) is 0. The summed E-state index contributed by atoms with van der Waals surface area (Å²) < 4.78 is 37.9. The van der Waals surface area contributed by atoms with E-state index in [9.17, 15) is 13.2 Å². The Kier molecular flexibility index (Phi) is 6.35. The fraction of sp³-hybridized carbons (Fsp3) is 0.600. The fourth-order valence-corrected chi connectivity index (χ4v) is 2.17. The minimum atomic E-state index is -4.26. The van der Waals surface area contributed by atoms with E-state index in [1.54, 1.807) is 6.07 Å². The van der Waals surface area contributed by atoms with E-state index in [0.29, 0.717) is 6.42 Å². The van der Waals surface area contributed by atoms with Crippen molar-refractivity contribution in [3.8, 4) is 0 Å². The molecule has 1 atom stereocenters. The molecule has 0 bridgehead atoms. The Morgan fingerprint density at radius 1 is 1.21 bits per heavy atom. The molecule has 0 aromatic heterocycles. The Morgan fingerprint density at radius 2 is 1.95 bits per heavy atom. The van der Waals surface area contributed by atoms with Crippen LogP contribution < -0.4 is 5.32 Å². The normalized spacial score (nSPS) is 13.5. The highest BCUT2D eigenvalue weighted by atomic mass is 19.4. The molecule has 0 aliphatic rings. The van der Waals surface area contributed by atoms with Crippen LogP contribution in [0.2, 0.25) is 0 Å². The molecule has 108 valence electrons. The highest BCUT2D eigenvalue weighted by molar-refractivity contribution is 5.26. The molecule has 4 heteroatoms. The quantitative estimate of drug-likeness (QED) is 0.775. The van der Waals surface area contributed by atoms with E-state index in [1.165, 1.54) is 12.1 Å². The van der Waals surface area contributed by atoms with Crippen molar-refractivity contribution >= 4 is 0 Å². The number of nitrogens with one attached hydrogen (secondary N) is 1. The molecule has 1 aromatic rings. The third-order valence-corrected chi connectivity index (χ3v) is 3.14. The Labute approximate surface area is 113 Å². The van der Waals surface area contributed by atoms with Gasteiger partial charge in [0.1, 0.15) is 0 Å². The number of alkyl halides is 3. The van der Waals surface area contributed by atoms with Crippen molar-refractivity contribution in [3.63, 3.8) is 0 Å². The zero-order valence-corrected chi connectivity index (χ0v) is 11.6. The fourth-order valence-electron chi connectivity index (χ4n) is 2.17. The predicted molar refractivity (Wildman–Crippen MR) is 72.1 cm³/mol. The molecule has 0 heterocycles. The van der Waals surface area contributed by atoms with Crippen molar-refractivity contribution < 1.29 is 13.2 Å². The number of halogens is 3. The molecule has 0 saturated carbocycles. The summed E-state index contributed by atoms with van der Waals surface area (Å²) in [6.07, 6.45) is -0.410. The maximum absolute atomic E-state index is 12.6. The molecule has 1 rings (SSSR count). The number of benzene rings is 1. The Bertz CT molecular complexity index is 374. The van der Waals surface area contributed by atoms with Gasteiger partial charge < -0.3 is 5.32 Å². The molecule has 1 aromatic carbocycles. The first kappa shape index (κ1) is 16.0. The molecule has 0 aliphatic carbocycles. The molecule has 0 aliphatic heterocycles. The number of likely N-dealkylation sites (N-methyl/N-ethyl adjacent to an activating group) is 1. The van der Waals surface area contributed by atoms with Gasteiger partial charge in [-0.2, -0.15) is 13.2 Å². The van der Waals surface area contributed by atoms with Gasteiger partial charge in [-0.05, 0) is 31.0 Å². The molecule has 0 radical (unpaired) electrons. The molecule has 1 unspecified atom stereocenters. The maximum atomic E-state index is 12.6. The van der Waals surface area contributed by atoms with Gasteiger partial charge in [0.05, 0.1) is 5.56 Å². The van der Waals surface area contributed by atoms with Gasteiger partial charge in [-0.1, -0.05) is 44.9 Å². The van der Waals surface area contributed by atoms with Gasteiger partial charge in [0.15, 0.2) is 0 Å². The van der Waals surface area contributed by atoms with Crippen LogP contribution >= 0.6 is 0 Å². The highest BCUT2D eigenvalue weighted by Gasteiger charge is 2.30. The van der Waals surface area contributed by atoms with Crippen molar-refractivity contribution in [2.75, 3.05) is 6.54 Å². The van der Waals surface area contributed by atoms with Crippen molar-refractivity contribution in [2.24, 2.45) is 0 Å². The summed E-state index contributed by atoms with van der Waals surface area (Å²) in [6.45, 7) is 4.98. The third kappa shape index (κ3) is 5.64. The number of hydrogen-bond acceptors (Lipinski definition) is 1. The van der Waals surface area contributed by atoms with E-state index in [-0.39, 0.29) is 6.04 Å². The summed E-state index contributed by atoms with van der Waals surface area (Å²) in [5, 5.41) is 3.34. The molecule has 0 fully saturated rings. The average molecular weight is 273 g/mol. The maximum Gasteiger partial charge on any atom is 0.416 e. The van der Waals surface area contributed by atoms with E-state index >= 15 is 0 Å². The van der Waals surface area contributed by atoms with Crippen molar-refractivity contribution in [1.82, 2.24) is 5.32 Å². The van der Waals surface area contributed by atoms with Crippen LogP contribution in [0.15, 0.2) is 24.3 Å². The van der Waals surface area contributed by atoms with Gasteiger partial charge >= 0.3 is 6.18 Å². The third-order valence-electron chi connectivity index (χ3n) is 3.14. The number of unbranched alkanes of at least 4 members (excludes halogenated alkanes) is 1. The number of hydrogen-bond donors (Lipinski definition) is 1. The second kappa shape index (κ2) is 7.53. The lowest BCUT2D eigenvalue weighted by molar-refractivity contribution is -0.137. The van der Waals surface area contributed by atoms with Crippen LogP contribution in [0.4, 0.5) is 13.2 Å². The first-order valence-corrected chi connectivity index (χ1v) is 6.86. The zero-order valence-electron chi connectivity index (χ0n) is 11.6. The smallest absolute Gasteiger partial charge is 0.314 e. The van der Waals surface area contributed by atoms with E-state index in [4.69, 9.17) is 0 Å². The van der Waals surface area contributed by atoms with Gasteiger partial charge in [-0.25, -0.2) is 0 Å². The average Bonchev–Trinajstić information content (AvgIpc) is 2.35. The monoisotopic (exact) mass is 273 g/mol. The van der Waals surface area contributed by atoms with Crippen LogP contribution in [0.3, 0.4) is 0 Å². The Morgan fingerprint density at radius 3 is 2.53 bits per heavy atom. The van der Waals surface area contributed by atoms with Crippen LogP contribution in [-0.2, 0) is 12.6 Å². The molecule has 0 spiro atoms. The minimum absolute atomic E-state index is 0.258. The second-order valence-electron chi connectivity index (χ2n) is 4.80. The summed E-state index contributed by atoms with van der Waals surface area (Å²) in [6, 6.07) is 5.90. The first-order chi connectivity index (χ1) is 8.97. The molecule has 19 heavy (non-hydrogen) atoms. The summed E-state index contributed by atoms with van der Waals surface area (Å²) >= 11 is 0. The van der Waals surface area contributed by atoms with Gasteiger partial charge in [-0.3, -0.25) is 0 Å². The topological polar surface area (TPSA) is 12.0 Å². The molecular formula is C15H22F3N. The van der Waals surface area contributed by atoms with Gasteiger partial charge in [0, 0.05) is 6.04 Å². The molecule has 1 nitrogen and oxygen atoms in total. The van der Waals surface area contributed by atoms with Crippen LogP contribution in [0, 0.1) is 0 Å². The van der Waals surface area contributed by atoms with Gasteiger partial charge in [-0.15, -0.1) is 0 Å². The van der Waals surface area contributed by atoms with Crippen molar-refractivity contribution in [1.29, 1.82) is 0 Å². The number of rotatable bonds is 7. The zero-order chi connectivity index (χ0) is 14.3. The van der Waals surface area contributed by atoms with Crippen molar-refractivity contribution in [2.45, 2.75) is 51.7 Å². The van der Waals surface area contributed by atoms with Crippen LogP contribution in [0.5, 0.6) is 0 Å². The summed E-state index contributed by atoms with van der Waals surface area (Å²) in [7, 11) is 0. The Hall–Kier alpha value is -1.03. The second-order valence-corrected chi connectivity index (χ2v) is 4.80. The lowest BCUT2D eigenvalue weighted by atomic mass is 9.99. The first-order valence-electron chi connectivity index (χ1n) is 6.86. The lowest BCUT2D eigenvalue weighted by Crippen LogP contribution is -2.31. The predicted octanol–water partition coefficient (Wildman–Crippen LogP) is 4.42. The Balaban J connectivity index is 2.73. The van der Waals surface area contributed by atoms with Crippen molar-refractivity contribution in [3.05, 3.63) is 35.4 Å². The van der Waals surface area contributed by atoms with E-state index in [2.05, 4.69) is 12.2 Å². The van der Waals surface area contributed by atoms with Gasteiger partial charge in [0.25, 0.3) is 0 Å². The van der Waals surface area contributed by atoms with Crippen LogP contribution in [0.25, 0.3) is 0 Å². The molecule has 0 amide bonds.